The SMILES string of the molecule is CC(=NNc1nc(-c2ccc(Br)cc2)cs1)c1cccc(O)c1. The minimum atomic E-state index is 0.226. The fourth-order valence-corrected chi connectivity index (χ4v) is 2.93. The van der Waals surface area contributed by atoms with Gasteiger partial charge in [-0.3, -0.25) is 5.43 Å². The first-order valence-electron chi connectivity index (χ1n) is 6.93. The first kappa shape index (κ1) is 15.7. The van der Waals surface area contributed by atoms with Gasteiger partial charge >= 0.3 is 0 Å². The van der Waals surface area contributed by atoms with E-state index in [0.29, 0.717) is 0 Å². The fourth-order valence-electron chi connectivity index (χ4n) is 2.01. The van der Waals surface area contributed by atoms with Crippen molar-refractivity contribution >= 4 is 38.1 Å². The summed E-state index contributed by atoms with van der Waals surface area (Å²) in [6.07, 6.45) is 0. The number of rotatable bonds is 4. The van der Waals surface area contributed by atoms with Crippen LogP contribution in [-0.2, 0) is 0 Å². The van der Waals surface area contributed by atoms with Crippen molar-refractivity contribution in [2.24, 2.45) is 5.10 Å². The monoisotopic (exact) mass is 387 g/mol. The van der Waals surface area contributed by atoms with Crippen LogP contribution in [-0.4, -0.2) is 15.8 Å². The van der Waals surface area contributed by atoms with Crippen molar-refractivity contribution in [2.45, 2.75) is 6.92 Å². The van der Waals surface area contributed by atoms with Crippen LogP contribution in [0.5, 0.6) is 5.75 Å². The fraction of sp³-hybridized carbons (Fsp3) is 0.0588. The maximum Gasteiger partial charge on any atom is 0.203 e. The summed E-state index contributed by atoms with van der Waals surface area (Å²) in [5.41, 5.74) is 6.58. The summed E-state index contributed by atoms with van der Waals surface area (Å²) in [6.45, 7) is 1.88. The van der Waals surface area contributed by atoms with Gasteiger partial charge in [-0.05, 0) is 31.2 Å². The van der Waals surface area contributed by atoms with E-state index in [2.05, 4.69) is 31.4 Å². The van der Waals surface area contributed by atoms with E-state index in [1.165, 1.54) is 11.3 Å². The lowest BCUT2D eigenvalue weighted by Crippen LogP contribution is -1.99. The average molecular weight is 388 g/mol. The molecule has 0 saturated carbocycles. The minimum absolute atomic E-state index is 0.226. The van der Waals surface area contributed by atoms with Crippen molar-refractivity contribution in [3.63, 3.8) is 0 Å². The second-order valence-corrected chi connectivity index (χ2v) is 6.68. The van der Waals surface area contributed by atoms with Gasteiger partial charge in [0.25, 0.3) is 0 Å². The normalized spacial score (nSPS) is 11.5. The molecule has 4 nitrogen and oxygen atoms in total. The van der Waals surface area contributed by atoms with E-state index in [9.17, 15) is 5.11 Å². The van der Waals surface area contributed by atoms with Gasteiger partial charge in [0.15, 0.2) is 0 Å². The minimum Gasteiger partial charge on any atom is -0.508 e. The molecule has 116 valence electrons. The Morgan fingerprint density at radius 3 is 2.74 bits per heavy atom. The summed E-state index contributed by atoms with van der Waals surface area (Å²) < 4.78 is 1.04. The van der Waals surface area contributed by atoms with Crippen LogP contribution in [0.15, 0.2) is 63.5 Å². The molecule has 0 unspecified atom stereocenters. The number of hydrogen-bond donors (Lipinski definition) is 2. The van der Waals surface area contributed by atoms with Crippen molar-refractivity contribution < 1.29 is 5.11 Å². The third kappa shape index (κ3) is 3.97. The highest BCUT2D eigenvalue weighted by Crippen LogP contribution is 2.26. The molecule has 3 aromatic rings. The molecule has 2 N–H and O–H groups in total. The first-order chi connectivity index (χ1) is 11.1. The molecule has 0 aliphatic heterocycles. The maximum atomic E-state index is 9.51. The predicted molar refractivity (Wildman–Crippen MR) is 99.2 cm³/mol. The molecule has 0 aliphatic rings. The molecule has 1 aromatic heterocycles. The Balaban J connectivity index is 1.74. The van der Waals surface area contributed by atoms with Crippen LogP contribution < -0.4 is 5.43 Å². The number of aromatic hydroxyl groups is 1. The number of nitrogens with one attached hydrogen (secondary N) is 1. The van der Waals surface area contributed by atoms with E-state index in [0.717, 1.165) is 32.1 Å². The predicted octanol–water partition coefficient (Wildman–Crippen LogP) is 5.11. The molecule has 0 aliphatic carbocycles. The second kappa shape index (κ2) is 6.93. The Morgan fingerprint density at radius 2 is 2.00 bits per heavy atom. The van der Waals surface area contributed by atoms with Gasteiger partial charge in [0.05, 0.1) is 11.4 Å². The van der Waals surface area contributed by atoms with E-state index in [4.69, 9.17) is 0 Å². The third-order valence-electron chi connectivity index (χ3n) is 3.23. The number of hydrazone groups is 1. The number of phenols is 1. The summed E-state index contributed by atoms with van der Waals surface area (Å²) >= 11 is 4.92. The van der Waals surface area contributed by atoms with E-state index in [1.807, 2.05) is 42.6 Å². The summed E-state index contributed by atoms with van der Waals surface area (Å²) in [7, 11) is 0. The summed E-state index contributed by atoms with van der Waals surface area (Å²) in [5.74, 6) is 0.226. The lowest BCUT2D eigenvalue weighted by Gasteiger charge is -2.02. The molecular weight excluding hydrogens is 374 g/mol. The first-order valence-corrected chi connectivity index (χ1v) is 8.60. The Labute approximate surface area is 146 Å². The van der Waals surface area contributed by atoms with Crippen LogP contribution in [0.3, 0.4) is 0 Å². The van der Waals surface area contributed by atoms with Gasteiger partial charge in [0.2, 0.25) is 5.13 Å². The smallest absolute Gasteiger partial charge is 0.203 e. The van der Waals surface area contributed by atoms with E-state index in [-0.39, 0.29) is 5.75 Å². The Bertz CT molecular complexity index is 843. The van der Waals surface area contributed by atoms with Crippen molar-refractivity contribution in [1.82, 2.24) is 4.98 Å². The van der Waals surface area contributed by atoms with Gasteiger partial charge in [-0.1, -0.05) is 40.2 Å². The largest absolute Gasteiger partial charge is 0.508 e. The van der Waals surface area contributed by atoms with Gasteiger partial charge in [-0.2, -0.15) is 5.10 Å². The van der Waals surface area contributed by atoms with Crippen LogP contribution in [0.1, 0.15) is 12.5 Å². The zero-order valence-corrected chi connectivity index (χ0v) is 14.7. The maximum absolute atomic E-state index is 9.51. The van der Waals surface area contributed by atoms with Crippen LogP contribution >= 0.6 is 27.3 Å². The van der Waals surface area contributed by atoms with Crippen LogP contribution in [0.2, 0.25) is 0 Å². The molecule has 0 spiro atoms. The van der Waals surface area contributed by atoms with E-state index < -0.39 is 0 Å². The van der Waals surface area contributed by atoms with Crippen molar-refractivity contribution in [3.05, 3.63) is 63.9 Å². The Hall–Kier alpha value is -2.18. The van der Waals surface area contributed by atoms with Gasteiger partial charge < -0.3 is 5.11 Å². The van der Waals surface area contributed by atoms with Crippen LogP contribution in [0.4, 0.5) is 5.13 Å². The third-order valence-corrected chi connectivity index (χ3v) is 4.50. The number of halogens is 1. The molecule has 0 radical (unpaired) electrons. The average Bonchev–Trinajstić information content (AvgIpc) is 3.02. The number of aromatic nitrogens is 1. The molecule has 6 heteroatoms. The molecule has 23 heavy (non-hydrogen) atoms. The molecule has 0 saturated heterocycles. The van der Waals surface area contributed by atoms with Crippen molar-refractivity contribution in [2.75, 3.05) is 5.43 Å². The summed E-state index contributed by atoms with van der Waals surface area (Å²) in [4.78, 5) is 4.53. The molecule has 0 bridgehead atoms. The molecule has 0 fully saturated rings. The van der Waals surface area contributed by atoms with Crippen molar-refractivity contribution in [1.29, 1.82) is 0 Å². The highest BCUT2D eigenvalue weighted by molar-refractivity contribution is 9.10. The van der Waals surface area contributed by atoms with Gasteiger partial charge in [0, 0.05) is 21.0 Å². The lowest BCUT2D eigenvalue weighted by atomic mass is 10.1. The number of anilines is 1. The van der Waals surface area contributed by atoms with Gasteiger partial charge in [0.1, 0.15) is 5.75 Å². The molecule has 0 atom stereocenters. The highest BCUT2D eigenvalue weighted by Gasteiger charge is 2.04. The second-order valence-electron chi connectivity index (χ2n) is 4.90. The number of thiazole rings is 1. The van der Waals surface area contributed by atoms with Gasteiger partial charge in [-0.25, -0.2) is 4.98 Å². The standard InChI is InChI=1S/C17H14BrN3OS/c1-11(13-3-2-4-15(22)9-13)20-21-17-19-16(10-23-17)12-5-7-14(18)8-6-12/h2-10,22H,1H3,(H,19,21). The number of benzene rings is 2. The van der Waals surface area contributed by atoms with Crippen LogP contribution in [0.25, 0.3) is 11.3 Å². The molecule has 1 heterocycles. The molecule has 0 amide bonds. The lowest BCUT2D eigenvalue weighted by molar-refractivity contribution is 0.475. The Kier molecular flexibility index (Phi) is 4.73. The van der Waals surface area contributed by atoms with Gasteiger partial charge in [-0.15, -0.1) is 11.3 Å². The number of phenolic OH excluding ortho intramolecular Hbond substituents is 1. The topological polar surface area (TPSA) is 57.5 Å². The quantitative estimate of drug-likeness (QED) is 0.482. The summed E-state index contributed by atoms with van der Waals surface area (Å²) in [6, 6.07) is 15.0. The van der Waals surface area contributed by atoms with E-state index >= 15 is 0 Å². The van der Waals surface area contributed by atoms with Crippen molar-refractivity contribution in [3.8, 4) is 17.0 Å². The molecule has 3 rings (SSSR count). The molecule has 2 aromatic carbocycles. The number of nitrogens with zero attached hydrogens (tertiary/aromatic N) is 2. The van der Waals surface area contributed by atoms with Crippen LogP contribution in [0, 0.1) is 0 Å². The molecular formula is C17H14BrN3OS. The highest BCUT2D eigenvalue weighted by atomic mass is 79.9. The van der Waals surface area contributed by atoms with E-state index in [1.54, 1.807) is 18.2 Å². The summed E-state index contributed by atoms with van der Waals surface area (Å²) in [5, 5.41) is 16.5. The zero-order valence-electron chi connectivity index (χ0n) is 12.3. The zero-order chi connectivity index (χ0) is 16.2. The number of hydrogen-bond acceptors (Lipinski definition) is 5. The Morgan fingerprint density at radius 1 is 1.22 bits per heavy atom.